The van der Waals surface area contributed by atoms with Crippen molar-refractivity contribution in [3.05, 3.63) is 0 Å². The van der Waals surface area contributed by atoms with E-state index in [-0.39, 0.29) is 11.1 Å². The average molecular weight is 198 g/mol. The molecule has 2 heteroatoms. The average Bonchev–Trinajstić information content (AvgIpc) is 1.94. The Bertz CT molecular complexity index is 169. The fraction of sp³-hybridized carbons (Fsp3) is 1.00. The van der Waals surface area contributed by atoms with Crippen molar-refractivity contribution in [2.75, 3.05) is 6.54 Å². The third-order valence-electron chi connectivity index (χ3n) is 2.87. The van der Waals surface area contributed by atoms with Crippen molar-refractivity contribution in [1.29, 1.82) is 0 Å². The van der Waals surface area contributed by atoms with Gasteiger partial charge in [0.15, 0.2) is 0 Å². The lowest BCUT2D eigenvalue weighted by molar-refractivity contribution is 0.146. The van der Waals surface area contributed by atoms with Gasteiger partial charge in [-0.2, -0.15) is 0 Å². The Labute approximate surface area is 88.8 Å². The molecule has 1 aliphatic heterocycles. The highest BCUT2D eigenvalue weighted by molar-refractivity contribution is 4.99. The van der Waals surface area contributed by atoms with Crippen molar-refractivity contribution < 1.29 is 0 Å². The maximum Gasteiger partial charge on any atom is 0.0144 e. The summed E-state index contributed by atoms with van der Waals surface area (Å²) in [4.78, 5) is 0. The van der Waals surface area contributed by atoms with Crippen molar-refractivity contribution in [2.45, 2.75) is 71.0 Å². The normalized spacial score (nSPS) is 26.4. The molecule has 0 saturated carbocycles. The molecule has 1 saturated heterocycles. The molecule has 0 aromatic rings. The fourth-order valence-electron chi connectivity index (χ4n) is 2.82. The summed E-state index contributed by atoms with van der Waals surface area (Å²) in [5, 5.41) is 7.34. The predicted molar refractivity (Wildman–Crippen MR) is 62.6 cm³/mol. The summed E-state index contributed by atoms with van der Waals surface area (Å²) in [5.41, 5.74) is 0.542. The highest BCUT2D eigenvalue weighted by atomic mass is 15.1. The molecule has 1 heterocycles. The van der Waals surface area contributed by atoms with Crippen molar-refractivity contribution in [2.24, 2.45) is 0 Å². The molecule has 0 aromatic heterocycles. The van der Waals surface area contributed by atoms with Gasteiger partial charge in [0.2, 0.25) is 0 Å². The van der Waals surface area contributed by atoms with E-state index in [4.69, 9.17) is 0 Å². The summed E-state index contributed by atoms with van der Waals surface area (Å²) >= 11 is 0. The first-order valence-electron chi connectivity index (χ1n) is 5.87. The van der Waals surface area contributed by atoms with Crippen LogP contribution in [0.3, 0.4) is 0 Å². The van der Waals surface area contributed by atoms with E-state index in [1.54, 1.807) is 0 Å². The van der Waals surface area contributed by atoms with Gasteiger partial charge in [0.1, 0.15) is 0 Å². The van der Waals surface area contributed by atoms with E-state index in [9.17, 15) is 0 Å². The monoisotopic (exact) mass is 198 g/mol. The van der Waals surface area contributed by atoms with Crippen LogP contribution >= 0.6 is 0 Å². The first kappa shape index (κ1) is 12.0. The maximum absolute atomic E-state index is 3.70. The third-order valence-corrected chi connectivity index (χ3v) is 2.87. The van der Waals surface area contributed by atoms with Crippen molar-refractivity contribution in [3.63, 3.8) is 0 Å². The molecule has 14 heavy (non-hydrogen) atoms. The smallest absolute Gasteiger partial charge is 0.0144 e. The molecule has 1 aliphatic rings. The number of rotatable bonds is 3. The van der Waals surface area contributed by atoms with Crippen molar-refractivity contribution >= 4 is 0 Å². The minimum atomic E-state index is 0.271. The minimum absolute atomic E-state index is 0.271. The molecule has 0 bridgehead atoms. The van der Waals surface area contributed by atoms with Crippen molar-refractivity contribution in [3.8, 4) is 0 Å². The molecule has 0 aliphatic carbocycles. The second-order valence-electron chi connectivity index (χ2n) is 5.95. The van der Waals surface area contributed by atoms with Gasteiger partial charge in [-0.25, -0.2) is 0 Å². The van der Waals surface area contributed by atoms with Crippen LogP contribution in [-0.4, -0.2) is 23.7 Å². The standard InChI is InChI=1S/C12H26N2/c1-6-7-13-10-8-11(2,3)14-12(4,5)9-10/h10,13-14H,6-9H2,1-5H3. The number of piperidine rings is 1. The summed E-state index contributed by atoms with van der Waals surface area (Å²) < 4.78 is 0. The highest BCUT2D eigenvalue weighted by Gasteiger charge is 2.37. The van der Waals surface area contributed by atoms with E-state index in [0.29, 0.717) is 6.04 Å². The van der Waals surface area contributed by atoms with Gasteiger partial charge in [-0.3, -0.25) is 0 Å². The first-order valence-corrected chi connectivity index (χ1v) is 5.87. The van der Waals surface area contributed by atoms with Crippen LogP contribution in [0.15, 0.2) is 0 Å². The third kappa shape index (κ3) is 3.58. The Hall–Kier alpha value is -0.0800. The van der Waals surface area contributed by atoms with Gasteiger partial charge in [-0.15, -0.1) is 0 Å². The van der Waals surface area contributed by atoms with E-state index >= 15 is 0 Å². The van der Waals surface area contributed by atoms with Crippen LogP contribution in [0, 0.1) is 0 Å². The van der Waals surface area contributed by atoms with Crippen LogP contribution in [0.25, 0.3) is 0 Å². The zero-order chi connectivity index (χ0) is 10.8. The van der Waals surface area contributed by atoms with Gasteiger partial charge < -0.3 is 10.6 Å². The van der Waals surface area contributed by atoms with Crippen LogP contribution in [0.5, 0.6) is 0 Å². The number of hydrogen-bond acceptors (Lipinski definition) is 2. The maximum atomic E-state index is 3.70. The largest absolute Gasteiger partial charge is 0.314 e. The van der Waals surface area contributed by atoms with Gasteiger partial charge in [-0.05, 0) is 53.5 Å². The summed E-state index contributed by atoms with van der Waals surface area (Å²) in [6.07, 6.45) is 3.69. The first-order chi connectivity index (χ1) is 6.35. The topological polar surface area (TPSA) is 24.1 Å². The summed E-state index contributed by atoms with van der Waals surface area (Å²) in [7, 11) is 0. The van der Waals surface area contributed by atoms with Crippen LogP contribution in [0.1, 0.15) is 53.9 Å². The van der Waals surface area contributed by atoms with E-state index in [1.165, 1.54) is 19.3 Å². The Balaban J connectivity index is 2.53. The van der Waals surface area contributed by atoms with Gasteiger partial charge in [0, 0.05) is 17.1 Å². The zero-order valence-electron chi connectivity index (χ0n) is 10.4. The summed E-state index contributed by atoms with van der Waals surface area (Å²) in [6.45, 7) is 12.6. The minimum Gasteiger partial charge on any atom is -0.314 e. The molecule has 2 nitrogen and oxygen atoms in total. The Morgan fingerprint density at radius 1 is 1.14 bits per heavy atom. The second kappa shape index (κ2) is 4.19. The lowest BCUT2D eigenvalue weighted by atomic mass is 9.79. The zero-order valence-corrected chi connectivity index (χ0v) is 10.4. The Morgan fingerprint density at radius 3 is 2.07 bits per heavy atom. The second-order valence-corrected chi connectivity index (χ2v) is 5.95. The Morgan fingerprint density at radius 2 is 1.64 bits per heavy atom. The van der Waals surface area contributed by atoms with Gasteiger partial charge in [0.05, 0.1) is 0 Å². The number of nitrogens with one attached hydrogen (secondary N) is 2. The fourth-order valence-corrected chi connectivity index (χ4v) is 2.82. The molecule has 0 atom stereocenters. The molecule has 0 unspecified atom stereocenters. The molecule has 0 spiro atoms. The molecule has 84 valence electrons. The lowest BCUT2D eigenvalue weighted by Gasteiger charge is -2.46. The molecular formula is C12H26N2. The molecule has 1 rings (SSSR count). The predicted octanol–water partition coefficient (Wildman–Crippen LogP) is 2.30. The molecule has 0 amide bonds. The van der Waals surface area contributed by atoms with E-state index in [1.807, 2.05) is 0 Å². The Kier molecular flexibility index (Phi) is 3.59. The van der Waals surface area contributed by atoms with E-state index < -0.39 is 0 Å². The molecule has 2 N–H and O–H groups in total. The van der Waals surface area contributed by atoms with Crippen LogP contribution in [0.2, 0.25) is 0 Å². The SMILES string of the molecule is CCCNC1CC(C)(C)NC(C)(C)C1. The summed E-state index contributed by atoms with van der Waals surface area (Å²) in [5.74, 6) is 0. The van der Waals surface area contributed by atoms with Gasteiger partial charge in [-0.1, -0.05) is 6.92 Å². The molecule has 1 fully saturated rings. The van der Waals surface area contributed by atoms with Crippen LogP contribution in [0.4, 0.5) is 0 Å². The summed E-state index contributed by atoms with van der Waals surface area (Å²) in [6, 6.07) is 0.682. The quantitative estimate of drug-likeness (QED) is 0.727. The van der Waals surface area contributed by atoms with E-state index in [2.05, 4.69) is 45.3 Å². The van der Waals surface area contributed by atoms with Crippen LogP contribution in [-0.2, 0) is 0 Å². The number of hydrogen-bond donors (Lipinski definition) is 2. The lowest BCUT2D eigenvalue weighted by Crippen LogP contribution is -2.61. The van der Waals surface area contributed by atoms with Gasteiger partial charge >= 0.3 is 0 Å². The van der Waals surface area contributed by atoms with Gasteiger partial charge in [0.25, 0.3) is 0 Å². The molecule has 0 aromatic carbocycles. The molecular weight excluding hydrogens is 172 g/mol. The van der Waals surface area contributed by atoms with Crippen LogP contribution < -0.4 is 10.6 Å². The van der Waals surface area contributed by atoms with Crippen molar-refractivity contribution in [1.82, 2.24) is 10.6 Å². The molecule has 0 radical (unpaired) electrons. The highest BCUT2D eigenvalue weighted by Crippen LogP contribution is 2.28. The van der Waals surface area contributed by atoms with E-state index in [0.717, 1.165) is 6.54 Å².